The van der Waals surface area contributed by atoms with Crippen LogP contribution in [0.25, 0.3) is 0 Å². The highest BCUT2D eigenvalue weighted by molar-refractivity contribution is 6.30. The number of halogens is 1. The maximum absolute atomic E-state index is 12.1. The molecule has 2 atom stereocenters. The van der Waals surface area contributed by atoms with Crippen LogP contribution in [0.5, 0.6) is 0 Å². The van der Waals surface area contributed by atoms with E-state index in [0.717, 1.165) is 23.4 Å². The summed E-state index contributed by atoms with van der Waals surface area (Å²) in [5, 5.41) is 4.14. The van der Waals surface area contributed by atoms with Gasteiger partial charge in [0.05, 0.1) is 6.04 Å². The van der Waals surface area contributed by atoms with Crippen LogP contribution < -0.4 is 16.0 Å². The number of nitrogens with two attached hydrogens (primary N) is 1. The van der Waals surface area contributed by atoms with Crippen LogP contribution in [0.2, 0.25) is 5.02 Å². The summed E-state index contributed by atoms with van der Waals surface area (Å²) in [4.78, 5) is 25.4. The molecule has 0 fully saturated rings. The second kappa shape index (κ2) is 6.76. The Hall–Kier alpha value is -2.53. The normalized spacial score (nSPS) is 19.2. The van der Waals surface area contributed by atoms with Gasteiger partial charge in [0.15, 0.2) is 0 Å². The number of nitrogens with one attached hydrogen (secondary N) is 1. The van der Waals surface area contributed by atoms with Gasteiger partial charge in [0.1, 0.15) is 0 Å². The van der Waals surface area contributed by atoms with Gasteiger partial charge in [-0.25, -0.2) is 0 Å². The lowest BCUT2D eigenvalue weighted by molar-refractivity contribution is -0.117. The highest BCUT2D eigenvalue weighted by atomic mass is 35.5. The standard InChI is InChI=1S/C19H20ClN3O2/c1-11-9-17(22-15-6-4-14(20)5-7-15)16-10-13(19(21)25)3-8-18(16)23(11)12(2)24/h3-8,10-11,17,22H,9H2,1-2H3,(H2,21,25)/t11-,17+/m0/s1. The fourth-order valence-corrected chi connectivity index (χ4v) is 3.51. The molecule has 0 unspecified atom stereocenters. The minimum atomic E-state index is -0.485. The number of primary amides is 1. The quantitative estimate of drug-likeness (QED) is 0.878. The molecule has 6 heteroatoms. The molecule has 0 aromatic heterocycles. The van der Waals surface area contributed by atoms with E-state index in [1.807, 2.05) is 31.2 Å². The molecule has 25 heavy (non-hydrogen) atoms. The molecule has 0 spiro atoms. The monoisotopic (exact) mass is 357 g/mol. The van der Waals surface area contributed by atoms with Gasteiger partial charge in [-0.2, -0.15) is 0 Å². The maximum atomic E-state index is 12.1. The molecule has 2 amide bonds. The fraction of sp³-hybridized carbons (Fsp3) is 0.263. The second-order valence-corrected chi connectivity index (χ2v) is 6.75. The van der Waals surface area contributed by atoms with Crippen molar-refractivity contribution in [3.8, 4) is 0 Å². The van der Waals surface area contributed by atoms with Crippen molar-refractivity contribution in [1.29, 1.82) is 0 Å². The highest BCUT2D eigenvalue weighted by Crippen LogP contribution is 2.39. The highest BCUT2D eigenvalue weighted by Gasteiger charge is 2.32. The van der Waals surface area contributed by atoms with Crippen molar-refractivity contribution in [2.75, 3.05) is 10.2 Å². The average Bonchev–Trinajstić information content (AvgIpc) is 2.56. The molecule has 1 aliphatic heterocycles. The molecule has 1 aliphatic rings. The topological polar surface area (TPSA) is 75.4 Å². The zero-order chi connectivity index (χ0) is 18.1. The smallest absolute Gasteiger partial charge is 0.248 e. The van der Waals surface area contributed by atoms with E-state index in [9.17, 15) is 9.59 Å². The lowest BCUT2D eigenvalue weighted by Gasteiger charge is -2.39. The molecule has 1 heterocycles. The van der Waals surface area contributed by atoms with Gasteiger partial charge in [-0.3, -0.25) is 9.59 Å². The second-order valence-electron chi connectivity index (χ2n) is 6.32. The van der Waals surface area contributed by atoms with Gasteiger partial charge in [0.25, 0.3) is 0 Å². The first-order valence-corrected chi connectivity index (χ1v) is 8.50. The zero-order valence-electron chi connectivity index (χ0n) is 14.1. The molecule has 130 valence electrons. The van der Waals surface area contributed by atoms with Gasteiger partial charge < -0.3 is 16.0 Å². The van der Waals surface area contributed by atoms with Gasteiger partial charge >= 0.3 is 0 Å². The molecule has 0 saturated heterocycles. The van der Waals surface area contributed by atoms with Crippen LogP contribution in [0.15, 0.2) is 42.5 Å². The third-order valence-electron chi connectivity index (χ3n) is 4.49. The Morgan fingerprint density at radius 2 is 1.88 bits per heavy atom. The maximum Gasteiger partial charge on any atom is 0.248 e. The predicted molar refractivity (Wildman–Crippen MR) is 100 cm³/mol. The van der Waals surface area contributed by atoms with E-state index >= 15 is 0 Å². The number of hydrogen-bond acceptors (Lipinski definition) is 3. The van der Waals surface area contributed by atoms with Crippen LogP contribution >= 0.6 is 11.6 Å². The van der Waals surface area contributed by atoms with E-state index in [0.29, 0.717) is 10.6 Å². The van der Waals surface area contributed by atoms with Gasteiger partial charge in [0.2, 0.25) is 11.8 Å². The molecule has 3 rings (SSSR count). The Morgan fingerprint density at radius 3 is 2.48 bits per heavy atom. The first-order chi connectivity index (χ1) is 11.9. The minimum absolute atomic E-state index is 0.0227. The number of anilines is 2. The van der Waals surface area contributed by atoms with E-state index in [2.05, 4.69) is 5.32 Å². The first kappa shape index (κ1) is 17.3. The number of rotatable bonds is 3. The lowest BCUT2D eigenvalue weighted by Crippen LogP contribution is -2.43. The van der Waals surface area contributed by atoms with Crippen LogP contribution in [-0.2, 0) is 4.79 Å². The van der Waals surface area contributed by atoms with E-state index in [4.69, 9.17) is 17.3 Å². The van der Waals surface area contributed by atoms with Gasteiger partial charge in [0, 0.05) is 34.9 Å². The molecule has 0 saturated carbocycles. The Balaban J connectivity index is 2.03. The number of carbonyl (C=O) groups is 2. The summed E-state index contributed by atoms with van der Waals surface area (Å²) < 4.78 is 0. The summed E-state index contributed by atoms with van der Waals surface area (Å²) >= 11 is 5.94. The van der Waals surface area contributed by atoms with E-state index < -0.39 is 5.91 Å². The molecule has 5 nitrogen and oxygen atoms in total. The van der Waals surface area contributed by atoms with Crippen molar-refractivity contribution in [2.24, 2.45) is 5.73 Å². The number of nitrogens with zero attached hydrogens (tertiary/aromatic N) is 1. The third-order valence-corrected chi connectivity index (χ3v) is 4.74. The molecule has 3 N–H and O–H groups in total. The minimum Gasteiger partial charge on any atom is -0.378 e. The van der Waals surface area contributed by atoms with Crippen molar-refractivity contribution in [3.05, 3.63) is 58.6 Å². The number of fused-ring (bicyclic) bond motifs is 1. The largest absolute Gasteiger partial charge is 0.378 e. The molecule has 0 aliphatic carbocycles. The van der Waals surface area contributed by atoms with Gasteiger partial charge in [-0.1, -0.05) is 11.6 Å². The summed E-state index contributed by atoms with van der Waals surface area (Å²) in [6.45, 7) is 3.57. The number of hydrogen-bond donors (Lipinski definition) is 2. The van der Waals surface area contributed by atoms with Crippen molar-refractivity contribution >= 4 is 34.8 Å². The Bertz CT molecular complexity index is 820. The summed E-state index contributed by atoms with van der Waals surface area (Å²) in [5.74, 6) is -0.508. The number of amides is 2. The van der Waals surface area contributed by atoms with Crippen molar-refractivity contribution < 1.29 is 9.59 Å². The molecular formula is C19H20ClN3O2. The number of carbonyl (C=O) groups excluding carboxylic acids is 2. The van der Waals surface area contributed by atoms with Gasteiger partial charge in [-0.15, -0.1) is 0 Å². The average molecular weight is 358 g/mol. The first-order valence-electron chi connectivity index (χ1n) is 8.12. The molecule has 2 aromatic rings. The van der Waals surface area contributed by atoms with E-state index in [1.165, 1.54) is 0 Å². The lowest BCUT2D eigenvalue weighted by atomic mass is 9.90. The van der Waals surface area contributed by atoms with Crippen molar-refractivity contribution in [2.45, 2.75) is 32.4 Å². The summed E-state index contributed by atoms with van der Waals surface area (Å²) in [5.41, 5.74) is 8.48. The Morgan fingerprint density at radius 1 is 1.20 bits per heavy atom. The zero-order valence-corrected chi connectivity index (χ0v) is 14.9. The van der Waals surface area contributed by atoms with E-state index in [1.54, 1.807) is 30.0 Å². The molecular weight excluding hydrogens is 338 g/mol. The Labute approximate surface area is 151 Å². The van der Waals surface area contributed by atoms with Crippen LogP contribution in [-0.4, -0.2) is 17.9 Å². The molecule has 2 aromatic carbocycles. The molecule has 0 bridgehead atoms. The predicted octanol–water partition coefficient (Wildman–Crippen LogP) is 3.74. The Kier molecular flexibility index (Phi) is 4.68. The fourth-order valence-electron chi connectivity index (χ4n) is 3.38. The third kappa shape index (κ3) is 3.46. The summed E-state index contributed by atoms with van der Waals surface area (Å²) in [6.07, 6.45) is 0.720. The van der Waals surface area contributed by atoms with Crippen molar-refractivity contribution in [1.82, 2.24) is 0 Å². The van der Waals surface area contributed by atoms with Crippen LogP contribution in [0.3, 0.4) is 0 Å². The van der Waals surface area contributed by atoms with Crippen LogP contribution in [0.4, 0.5) is 11.4 Å². The SMILES string of the molecule is CC(=O)N1c2ccc(C(N)=O)cc2[C@H](Nc2ccc(Cl)cc2)C[C@@H]1C. The van der Waals surface area contributed by atoms with Gasteiger partial charge in [-0.05, 0) is 61.4 Å². The van der Waals surface area contributed by atoms with Crippen LogP contribution in [0, 0.1) is 0 Å². The summed E-state index contributed by atoms with van der Waals surface area (Å²) in [7, 11) is 0. The van der Waals surface area contributed by atoms with Crippen LogP contribution in [0.1, 0.15) is 42.2 Å². The summed E-state index contributed by atoms with van der Waals surface area (Å²) in [6, 6.07) is 12.7. The molecule has 0 radical (unpaired) electrons. The van der Waals surface area contributed by atoms with Crippen molar-refractivity contribution in [3.63, 3.8) is 0 Å². The number of benzene rings is 2. The van der Waals surface area contributed by atoms with E-state index in [-0.39, 0.29) is 18.0 Å².